The third kappa shape index (κ3) is 6.08. The molecular formula is C30H32ClNO4. The highest BCUT2D eigenvalue weighted by Gasteiger charge is 2.35. The molecule has 1 N–H and O–H groups in total. The van der Waals surface area contributed by atoms with Crippen LogP contribution in [0.2, 0.25) is 5.02 Å². The van der Waals surface area contributed by atoms with Gasteiger partial charge in [0.05, 0.1) is 0 Å². The molecule has 0 saturated carbocycles. The summed E-state index contributed by atoms with van der Waals surface area (Å²) in [6, 6.07) is 21.1. The van der Waals surface area contributed by atoms with Gasteiger partial charge in [-0.25, -0.2) is 0 Å². The number of benzene rings is 3. The molecular weight excluding hydrogens is 474 g/mol. The Morgan fingerprint density at radius 3 is 2.39 bits per heavy atom. The van der Waals surface area contributed by atoms with Gasteiger partial charge in [-0.3, -0.25) is 9.59 Å². The largest absolute Gasteiger partial charge is 0.487 e. The Bertz CT molecular complexity index is 1280. The number of amides is 1. The third-order valence-electron chi connectivity index (χ3n) is 6.50. The van der Waals surface area contributed by atoms with Gasteiger partial charge < -0.3 is 14.7 Å². The predicted molar refractivity (Wildman–Crippen MR) is 142 cm³/mol. The average Bonchev–Trinajstić information content (AvgIpc) is 3.12. The van der Waals surface area contributed by atoms with Gasteiger partial charge >= 0.3 is 5.97 Å². The molecule has 0 radical (unpaired) electrons. The van der Waals surface area contributed by atoms with Crippen LogP contribution in [0.4, 0.5) is 0 Å². The summed E-state index contributed by atoms with van der Waals surface area (Å²) in [5, 5.41) is 10.2. The van der Waals surface area contributed by atoms with E-state index in [1.54, 1.807) is 6.07 Å². The summed E-state index contributed by atoms with van der Waals surface area (Å²) in [7, 11) is 0. The fraction of sp³-hybridized carbons (Fsp3) is 0.333. The molecule has 1 heterocycles. The first-order valence-electron chi connectivity index (χ1n) is 12.1. The standard InChI is InChI=1S/C30H32ClNO4/c1-29(2,3)24-11-8-20(9-12-24)18-32(19-27(33)34)28(35)22-10-13-26-23(15-22)17-30(4,36-26)16-21-6-5-7-25(31)14-21/h5-15H,16-19H2,1-4H3,(H,33,34)/t30-/m1/s1. The molecule has 0 aliphatic carbocycles. The number of carbonyl (C=O) groups is 2. The van der Waals surface area contributed by atoms with Crippen molar-refractivity contribution in [2.24, 2.45) is 0 Å². The van der Waals surface area contributed by atoms with Crippen LogP contribution in [-0.4, -0.2) is 34.0 Å². The van der Waals surface area contributed by atoms with Crippen molar-refractivity contribution in [2.75, 3.05) is 6.54 Å². The Balaban J connectivity index is 1.52. The van der Waals surface area contributed by atoms with Crippen molar-refractivity contribution in [2.45, 2.75) is 58.1 Å². The van der Waals surface area contributed by atoms with E-state index in [9.17, 15) is 14.7 Å². The highest BCUT2D eigenvalue weighted by atomic mass is 35.5. The summed E-state index contributed by atoms with van der Waals surface area (Å²) >= 11 is 6.15. The second-order valence-corrected chi connectivity index (χ2v) is 11.3. The zero-order valence-corrected chi connectivity index (χ0v) is 21.9. The molecule has 5 nitrogen and oxygen atoms in total. The molecule has 0 unspecified atom stereocenters. The SMILES string of the molecule is CC(C)(C)c1ccc(CN(CC(=O)O)C(=O)c2ccc3c(c2)C[C@@](C)(Cc2cccc(Cl)c2)O3)cc1. The first kappa shape index (κ1) is 25.8. The highest BCUT2D eigenvalue weighted by Crippen LogP contribution is 2.38. The van der Waals surface area contributed by atoms with Crippen LogP contribution in [-0.2, 0) is 29.6 Å². The zero-order chi connectivity index (χ0) is 26.1. The van der Waals surface area contributed by atoms with Crippen LogP contribution in [0, 0.1) is 0 Å². The van der Waals surface area contributed by atoms with Crippen molar-refractivity contribution >= 4 is 23.5 Å². The molecule has 188 valence electrons. The lowest BCUT2D eigenvalue weighted by atomic mass is 9.87. The normalized spacial score (nSPS) is 16.8. The van der Waals surface area contributed by atoms with Crippen LogP contribution in [0.1, 0.15) is 60.3 Å². The molecule has 0 fully saturated rings. The predicted octanol–water partition coefficient (Wildman–Crippen LogP) is 6.30. The van der Waals surface area contributed by atoms with Crippen LogP contribution < -0.4 is 4.74 Å². The first-order valence-corrected chi connectivity index (χ1v) is 12.5. The summed E-state index contributed by atoms with van der Waals surface area (Å²) in [5.41, 5.74) is 4.11. The molecule has 4 rings (SSSR count). The summed E-state index contributed by atoms with van der Waals surface area (Å²) in [5.74, 6) is -0.615. The molecule has 0 saturated heterocycles. The third-order valence-corrected chi connectivity index (χ3v) is 6.74. The van der Waals surface area contributed by atoms with Crippen LogP contribution >= 0.6 is 11.6 Å². The van der Waals surface area contributed by atoms with E-state index >= 15 is 0 Å². The number of aliphatic carboxylic acids is 1. The smallest absolute Gasteiger partial charge is 0.323 e. The van der Waals surface area contributed by atoms with Gasteiger partial charge in [0, 0.05) is 30.0 Å². The van der Waals surface area contributed by atoms with Crippen LogP contribution in [0.3, 0.4) is 0 Å². The summed E-state index contributed by atoms with van der Waals surface area (Å²) in [6.07, 6.45) is 1.32. The number of fused-ring (bicyclic) bond motifs is 1. The number of ether oxygens (including phenoxy) is 1. The van der Waals surface area contributed by atoms with E-state index in [1.807, 2.05) is 67.6 Å². The van der Waals surface area contributed by atoms with E-state index in [0.29, 0.717) is 23.4 Å². The quantitative estimate of drug-likeness (QED) is 0.409. The van der Waals surface area contributed by atoms with Gasteiger partial charge in [0.2, 0.25) is 0 Å². The topological polar surface area (TPSA) is 66.8 Å². The minimum Gasteiger partial charge on any atom is -0.487 e. The first-order chi connectivity index (χ1) is 16.9. The van der Waals surface area contributed by atoms with Gasteiger partial charge in [-0.1, -0.05) is 68.8 Å². The van der Waals surface area contributed by atoms with Crippen molar-refractivity contribution in [1.29, 1.82) is 0 Å². The van der Waals surface area contributed by atoms with E-state index in [2.05, 4.69) is 20.8 Å². The number of hydrogen-bond donors (Lipinski definition) is 1. The van der Waals surface area contributed by atoms with Crippen LogP contribution in [0.25, 0.3) is 0 Å². The molecule has 6 heteroatoms. The van der Waals surface area contributed by atoms with Crippen molar-refractivity contribution in [3.05, 3.63) is 99.6 Å². The Morgan fingerprint density at radius 1 is 1.03 bits per heavy atom. The number of carbonyl (C=O) groups excluding carboxylic acids is 1. The molecule has 0 bridgehead atoms. The Labute approximate surface area is 217 Å². The molecule has 0 aromatic heterocycles. The average molecular weight is 506 g/mol. The maximum absolute atomic E-state index is 13.4. The Morgan fingerprint density at radius 2 is 1.75 bits per heavy atom. The minimum absolute atomic E-state index is 0.0167. The molecule has 3 aromatic rings. The zero-order valence-electron chi connectivity index (χ0n) is 21.2. The Kier molecular flexibility index (Phi) is 7.14. The lowest BCUT2D eigenvalue weighted by Crippen LogP contribution is -2.35. The molecule has 1 aliphatic rings. The molecule has 0 spiro atoms. The van der Waals surface area contributed by atoms with Crippen molar-refractivity contribution in [3.8, 4) is 5.75 Å². The van der Waals surface area contributed by atoms with Crippen LogP contribution in [0.5, 0.6) is 5.75 Å². The number of nitrogens with zero attached hydrogens (tertiary/aromatic N) is 1. The number of hydrogen-bond acceptors (Lipinski definition) is 3. The summed E-state index contributed by atoms with van der Waals surface area (Å²) in [6.45, 7) is 8.31. The van der Waals surface area contributed by atoms with Crippen LogP contribution in [0.15, 0.2) is 66.7 Å². The minimum atomic E-state index is -1.05. The lowest BCUT2D eigenvalue weighted by Gasteiger charge is -2.24. The molecule has 1 atom stereocenters. The number of carboxylic acid groups (broad SMARTS) is 1. The van der Waals surface area contributed by atoms with E-state index in [4.69, 9.17) is 16.3 Å². The van der Waals surface area contributed by atoms with Gasteiger partial charge in [0.25, 0.3) is 5.91 Å². The van der Waals surface area contributed by atoms with E-state index < -0.39 is 11.6 Å². The van der Waals surface area contributed by atoms with E-state index in [-0.39, 0.29) is 24.4 Å². The number of halogens is 1. The maximum Gasteiger partial charge on any atom is 0.323 e. The second kappa shape index (κ2) is 9.98. The van der Waals surface area contributed by atoms with Crippen molar-refractivity contribution in [1.82, 2.24) is 4.90 Å². The van der Waals surface area contributed by atoms with Gasteiger partial charge in [-0.2, -0.15) is 0 Å². The number of rotatable bonds is 7. The fourth-order valence-corrected chi connectivity index (χ4v) is 4.92. The molecule has 36 heavy (non-hydrogen) atoms. The van der Waals surface area contributed by atoms with Gasteiger partial charge in [-0.15, -0.1) is 0 Å². The van der Waals surface area contributed by atoms with Gasteiger partial charge in [-0.05, 0) is 64.9 Å². The fourth-order valence-electron chi connectivity index (χ4n) is 4.71. The van der Waals surface area contributed by atoms with E-state index in [1.165, 1.54) is 10.5 Å². The van der Waals surface area contributed by atoms with Gasteiger partial charge in [0.15, 0.2) is 0 Å². The summed E-state index contributed by atoms with van der Waals surface area (Å²) < 4.78 is 6.27. The van der Waals surface area contributed by atoms with Crippen molar-refractivity contribution < 1.29 is 19.4 Å². The number of carboxylic acids is 1. The molecule has 3 aromatic carbocycles. The maximum atomic E-state index is 13.4. The summed E-state index contributed by atoms with van der Waals surface area (Å²) in [4.78, 5) is 26.3. The lowest BCUT2D eigenvalue weighted by molar-refractivity contribution is -0.137. The Hall–Kier alpha value is -3.31. The monoisotopic (exact) mass is 505 g/mol. The van der Waals surface area contributed by atoms with Crippen molar-refractivity contribution in [3.63, 3.8) is 0 Å². The van der Waals surface area contributed by atoms with E-state index in [0.717, 1.165) is 22.4 Å². The molecule has 1 aliphatic heterocycles. The highest BCUT2D eigenvalue weighted by molar-refractivity contribution is 6.30. The van der Waals surface area contributed by atoms with Gasteiger partial charge in [0.1, 0.15) is 17.9 Å². The second-order valence-electron chi connectivity index (χ2n) is 10.9. The molecule has 1 amide bonds.